The number of methoxy groups -OCH3 is 1. The van der Waals surface area contributed by atoms with Crippen LogP contribution in [0.3, 0.4) is 0 Å². The Kier molecular flexibility index (Phi) is 6.77. The Morgan fingerprint density at radius 3 is 2.49 bits per heavy atom. The number of hydrogen-bond donors (Lipinski definition) is 2. The van der Waals surface area contributed by atoms with Gasteiger partial charge in [0, 0.05) is 50.3 Å². The van der Waals surface area contributed by atoms with Crippen molar-refractivity contribution in [2.75, 3.05) is 43.5 Å². The molecule has 0 atom stereocenters. The maximum absolute atomic E-state index is 13.1. The van der Waals surface area contributed by atoms with Gasteiger partial charge in [0.15, 0.2) is 0 Å². The molecule has 2 aromatic carbocycles. The van der Waals surface area contributed by atoms with Gasteiger partial charge in [-0.15, -0.1) is 0 Å². The fourth-order valence-corrected chi connectivity index (χ4v) is 4.85. The highest BCUT2D eigenvalue weighted by Gasteiger charge is 2.22. The van der Waals surface area contributed by atoms with E-state index in [-0.39, 0.29) is 5.56 Å². The molecule has 2 aromatic heterocycles. The largest absolute Gasteiger partial charge is 0.495 e. The second-order valence-corrected chi connectivity index (χ2v) is 9.14. The van der Waals surface area contributed by atoms with Crippen LogP contribution in [0.25, 0.3) is 16.6 Å². The minimum atomic E-state index is -0.909. The number of nitrogens with zero attached hydrogens (tertiary/aromatic N) is 5. The van der Waals surface area contributed by atoms with Gasteiger partial charge in [-0.25, -0.2) is 14.8 Å². The zero-order valence-corrected chi connectivity index (χ0v) is 21.2. The molecule has 0 spiro atoms. The van der Waals surface area contributed by atoms with E-state index in [1.807, 2.05) is 18.2 Å². The van der Waals surface area contributed by atoms with Gasteiger partial charge in [0.2, 0.25) is 5.95 Å². The van der Waals surface area contributed by atoms with Crippen molar-refractivity contribution in [2.24, 2.45) is 0 Å². The molecule has 5 rings (SSSR count). The molecule has 1 fully saturated rings. The van der Waals surface area contributed by atoms with Gasteiger partial charge in [-0.05, 0) is 30.3 Å². The predicted molar refractivity (Wildman–Crippen MR) is 143 cm³/mol. The van der Waals surface area contributed by atoms with E-state index in [1.165, 1.54) is 15.7 Å². The van der Waals surface area contributed by atoms with E-state index in [0.717, 1.165) is 5.69 Å². The number of aromatic nitrogens is 3. The second-order valence-electron chi connectivity index (χ2n) is 8.32. The van der Waals surface area contributed by atoms with E-state index >= 15 is 0 Å². The summed E-state index contributed by atoms with van der Waals surface area (Å²) in [6.45, 7) is 1.99. The lowest BCUT2D eigenvalue weighted by molar-refractivity contribution is 0.142. The quantitative estimate of drug-likeness (QED) is 0.376. The number of anilines is 3. The zero-order chi connectivity index (χ0) is 26.1. The van der Waals surface area contributed by atoms with Crippen molar-refractivity contribution in [2.45, 2.75) is 0 Å². The predicted octanol–water partition coefficient (Wildman–Crippen LogP) is 4.64. The first kappa shape index (κ1) is 24.7. The van der Waals surface area contributed by atoms with Gasteiger partial charge in [0.05, 0.1) is 39.4 Å². The maximum Gasteiger partial charge on any atom is 0.407 e. The van der Waals surface area contributed by atoms with Crippen molar-refractivity contribution in [1.82, 2.24) is 19.4 Å². The van der Waals surface area contributed by atoms with E-state index in [0.29, 0.717) is 70.2 Å². The molecule has 0 unspecified atom stereocenters. The number of piperazine rings is 1. The SMILES string of the molecule is COc1cc(Nc2ncc3c(=O)n(-c4c(Cl)cccc4Cl)ccc3n2)ccc1N1CCN(C(=O)O)CC1. The maximum atomic E-state index is 13.1. The van der Waals surface area contributed by atoms with E-state index in [2.05, 4.69) is 20.2 Å². The van der Waals surface area contributed by atoms with Crippen LogP contribution in [0.5, 0.6) is 5.75 Å². The number of halogens is 2. The first-order valence-electron chi connectivity index (χ1n) is 11.4. The third-order valence-corrected chi connectivity index (χ3v) is 6.76. The normalized spacial score (nSPS) is 13.6. The van der Waals surface area contributed by atoms with Crippen LogP contribution in [0.15, 0.2) is 59.7 Å². The van der Waals surface area contributed by atoms with E-state index in [9.17, 15) is 14.7 Å². The molecule has 0 radical (unpaired) electrons. The summed E-state index contributed by atoms with van der Waals surface area (Å²) < 4.78 is 6.97. The molecule has 2 N–H and O–H groups in total. The van der Waals surface area contributed by atoms with Gasteiger partial charge in [-0.2, -0.15) is 0 Å². The van der Waals surface area contributed by atoms with Crippen LogP contribution in [-0.2, 0) is 0 Å². The van der Waals surface area contributed by atoms with Crippen LogP contribution >= 0.6 is 23.2 Å². The first-order valence-corrected chi connectivity index (χ1v) is 12.1. The molecule has 4 aromatic rings. The molecule has 1 aliphatic rings. The van der Waals surface area contributed by atoms with Crippen LogP contribution < -0.4 is 20.5 Å². The fraction of sp³-hybridized carbons (Fsp3) is 0.200. The number of benzene rings is 2. The summed E-state index contributed by atoms with van der Waals surface area (Å²) in [5.74, 6) is 0.944. The number of carboxylic acid groups (broad SMARTS) is 1. The van der Waals surface area contributed by atoms with Crippen LogP contribution in [0, 0.1) is 0 Å². The minimum Gasteiger partial charge on any atom is -0.495 e. The van der Waals surface area contributed by atoms with Crippen molar-refractivity contribution in [3.05, 3.63) is 75.3 Å². The van der Waals surface area contributed by atoms with Gasteiger partial charge >= 0.3 is 6.09 Å². The molecule has 1 aliphatic heterocycles. The van der Waals surface area contributed by atoms with Crippen molar-refractivity contribution < 1.29 is 14.6 Å². The number of hydrogen-bond acceptors (Lipinski definition) is 7. The molecular weight excluding hydrogens is 519 g/mol. The van der Waals surface area contributed by atoms with E-state index in [1.54, 1.807) is 37.6 Å². The van der Waals surface area contributed by atoms with Crippen LogP contribution in [-0.4, -0.2) is 63.9 Å². The lowest BCUT2D eigenvalue weighted by atomic mass is 10.2. The van der Waals surface area contributed by atoms with Crippen LogP contribution in [0.4, 0.5) is 22.1 Å². The number of amides is 1. The first-order chi connectivity index (χ1) is 17.9. The lowest BCUT2D eigenvalue weighted by Crippen LogP contribution is -2.48. The van der Waals surface area contributed by atoms with Gasteiger partial charge in [-0.1, -0.05) is 29.3 Å². The highest BCUT2D eigenvalue weighted by Crippen LogP contribution is 2.33. The average molecular weight is 541 g/mol. The summed E-state index contributed by atoms with van der Waals surface area (Å²) in [6.07, 6.45) is 2.13. The Hall–Kier alpha value is -4.02. The van der Waals surface area contributed by atoms with Gasteiger partial charge in [0.1, 0.15) is 5.75 Å². The number of ether oxygens (including phenoxy) is 1. The molecule has 0 bridgehead atoms. The molecule has 3 heterocycles. The minimum absolute atomic E-state index is 0.310. The molecular formula is C25H22Cl2N6O4. The number of fused-ring (bicyclic) bond motifs is 1. The number of nitrogens with one attached hydrogen (secondary N) is 1. The standard InChI is InChI=1S/C25H22Cl2N6O4/c1-37-21-13-15(5-6-20(21)31-9-11-32(12-10-31)25(35)36)29-24-28-14-16-19(30-24)7-8-33(23(16)34)22-17(26)3-2-4-18(22)27/h2-8,13-14H,9-12H2,1H3,(H,35,36)(H,28,29,30). The smallest absolute Gasteiger partial charge is 0.407 e. The summed E-state index contributed by atoms with van der Waals surface area (Å²) in [5.41, 5.74) is 2.09. The van der Waals surface area contributed by atoms with Crippen LogP contribution in [0.1, 0.15) is 0 Å². The van der Waals surface area contributed by atoms with Crippen molar-refractivity contribution in [1.29, 1.82) is 0 Å². The van der Waals surface area contributed by atoms with Crippen LogP contribution in [0.2, 0.25) is 10.0 Å². The summed E-state index contributed by atoms with van der Waals surface area (Å²) in [4.78, 5) is 36.6. The third-order valence-electron chi connectivity index (χ3n) is 6.15. The van der Waals surface area contributed by atoms with Gasteiger partial charge in [-0.3, -0.25) is 9.36 Å². The summed E-state index contributed by atoms with van der Waals surface area (Å²) in [7, 11) is 1.58. The fourth-order valence-electron chi connectivity index (χ4n) is 4.27. The Morgan fingerprint density at radius 2 is 1.81 bits per heavy atom. The Bertz CT molecular complexity index is 1530. The number of carbonyl (C=O) groups is 1. The van der Waals surface area contributed by atoms with Crippen molar-refractivity contribution in [3.63, 3.8) is 0 Å². The molecule has 190 valence electrons. The van der Waals surface area contributed by atoms with E-state index < -0.39 is 6.09 Å². The molecule has 12 heteroatoms. The number of para-hydroxylation sites is 1. The zero-order valence-electron chi connectivity index (χ0n) is 19.7. The highest BCUT2D eigenvalue weighted by atomic mass is 35.5. The number of rotatable bonds is 5. The average Bonchev–Trinajstić information content (AvgIpc) is 2.90. The summed E-state index contributed by atoms with van der Waals surface area (Å²) in [5, 5.41) is 13.4. The van der Waals surface area contributed by atoms with Gasteiger partial charge < -0.3 is 25.0 Å². The second kappa shape index (κ2) is 10.2. The molecule has 0 saturated carbocycles. The monoisotopic (exact) mass is 540 g/mol. The topological polar surface area (TPSA) is 113 Å². The summed E-state index contributed by atoms with van der Waals surface area (Å²) >= 11 is 12.6. The Morgan fingerprint density at radius 1 is 1.08 bits per heavy atom. The van der Waals surface area contributed by atoms with E-state index in [4.69, 9.17) is 27.9 Å². The molecule has 0 aliphatic carbocycles. The lowest BCUT2D eigenvalue weighted by Gasteiger charge is -2.35. The molecule has 1 saturated heterocycles. The Balaban J connectivity index is 1.39. The van der Waals surface area contributed by atoms with Gasteiger partial charge in [0.25, 0.3) is 5.56 Å². The third kappa shape index (κ3) is 4.85. The highest BCUT2D eigenvalue weighted by molar-refractivity contribution is 6.37. The molecule has 10 nitrogen and oxygen atoms in total. The molecule has 1 amide bonds. The Labute approximate surface area is 221 Å². The summed E-state index contributed by atoms with van der Waals surface area (Å²) in [6, 6.07) is 12.3. The van der Waals surface area contributed by atoms with Crippen molar-refractivity contribution in [3.8, 4) is 11.4 Å². The van der Waals surface area contributed by atoms with Crippen molar-refractivity contribution >= 4 is 57.5 Å². The molecule has 37 heavy (non-hydrogen) atoms. The number of pyridine rings is 1.